The zero-order chi connectivity index (χ0) is 19.4. The van der Waals surface area contributed by atoms with Crippen molar-refractivity contribution < 1.29 is 27.9 Å². The summed E-state index contributed by atoms with van der Waals surface area (Å²) >= 11 is 0. The molecule has 0 spiro atoms. The van der Waals surface area contributed by atoms with Gasteiger partial charge in [-0.25, -0.2) is 8.42 Å². The van der Waals surface area contributed by atoms with Crippen LogP contribution in [0.15, 0.2) is 0 Å². The van der Waals surface area contributed by atoms with Crippen LogP contribution in [0.2, 0.25) is 0 Å². The highest BCUT2D eigenvalue weighted by Crippen LogP contribution is 2.61. The minimum atomic E-state index is -3.08. The lowest BCUT2D eigenvalue weighted by molar-refractivity contribution is -0.197. The number of carbonyl (C=O) groups excluding carboxylic acids is 2. The van der Waals surface area contributed by atoms with Crippen molar-refractivity contribution in [3.63, 3.8) is 0 Å². The molecule has 1 amide bonds. The molecular weight excluding hydrogens is 370 g/mol. The molecule has 4 aliphatic carbocycles. The first-order valence-corrected chi connectivity index (χ1v) is 11.9. The Bertz CT molecular complexity index is 733. The number of hydrogen-bond acceptors (Lipinski definition) is 6. The Morgan fingerprint density at radius 3 is 2.37 bits per heavy atom. The molecule has 0 radical (unpaired) electrons. The maximum atomic E-state index is 12.9. The molecular formula is C19H29NO6S. The maximum Gasteiger partial charge on any atom is 0.312 e. The number of carbonyl (C=O) groups is 2. The van der Waals surface area contributed by atoms with E-state index in [4.69, 9.17) is 4.74 Å². The quantitative estimate of drug-likeness (QED) is 0.689. The largest absolute Gasteiger partial charge is 0.455 e. The summed E-state index contributed by atoms with van der Waals surface area (Å²) in [6.45, 7) is 1.85. The third-order valence-electron chi connectivity index (χ3n) is 7.10. The van der Waals surface area contributed by atoms with Gasteiger partial charge in [0.05, 0.1) is 22.5 Å². The number of sulfone groups is 1. The molecule has 152 valence electrons. The van der Waals surface area contributed by atoms with Crippen LogP contribution < -0.4 is 0 Å². The van der Waals surface area contributed by atoms with Gasteiger partial charge in [-0.05, 0) is 63.7 Å². The monoisotopic (exact) mass is 399 g/mol. The van der Waals surface area contributed by atoms with E-state index >= 15 is 0 Å². The van der Waals surface area contributed by atoms with Gasteiger partial charge in [0.1, 0.15) is 0 Å². The minimum absolute atomic E-state index is 0.0130. The second-order valence-electron chi connectivity index (χ2n) is 9.28. The van der Waals surface area contributed by atoms with E-state index in [-0.39, 0.29) is 36.0 Å². The molecule has 4 bridgehead atoms. The highest BCUT2D eigenvalue weighted by atomic mass is 32.2. The van der Waals surface area contributed by atoms with Gasteiger partial charge in [-0.1, -0.05) is 0 Å². The van der Waals surface area contributed by atoms with E-state index in [9.17, 15) is 23.1 Å². The van der Waals surface area contributed by atoms with Gasteiger partial charge in [0.15, 0.2) is 16.4 Å². The van der Waals surface area contributed by atoms with Crippen LogP contribution >= 0.6 is 0 Å². The van der Waals surface area contributed by atoms with Crippen LogP contribution in [0.3, 0.4) is 0 Å². The summed E-state index contributed by atoms with van der Waals surface area (Å²) < 4.78 is 28.8. The second kappa shape index (κ2) is 6.44. The summed E-state index contributed by atoms with van der Waals surface area (Å²) in [5.74, 6) is 0.132. The molecule has 0 unspecified atom stereocenters. The van der Waals surface area contributed by atoms with Crippen LogP contribution in [0.4, 0.5) is 0 Å². The Morgan fingerprint density at radius 1 is 1.19 bits per heavy atom. The van der Waals surface area contributed by atoms with Crippen molar-refractivity contribution in [3.8, 4) is 0 Å². The maximum absolute atomic E-state index is 12.9. The number of ether oxygens (including phenoxy) is 1. The van der Waals surface area contributed by atoms with E-state index in [1.807, 2.05) is 0 Å². The van der Waals surface area contributed by atoms with E-state index < -0.39 is 20.9 Å². The molecule has 1 saturated heterocycles. The second-order valence-corrected chi connectivity index (χ2v) is 11.5. The number of aliphatic hydroxyl groups is 1. The molecule has 5 rings (SSSR count). The van der Waals surface area contributed by atoms with Crippen molar-refractivity contribution >= 4 is 21.7 Å². The van der Waals surface area contributed by atoms with Crippen molar-refractivity contribution in [3.05, 3.63) is 0 Å². The van der Waals surface area contributed by atoms with Gasteiger partial charge in [-0.2, -0.15) is 0 Å². The van der Waals surface area contributed by atoms with Gasteiger partial charge in [0.2, 0.25) is 0 Å². The number of esters is 1. The van der Waals surface area contributed by atoms with Crippen molar-refractivity contribution in [2.75, 3.05) is 24.7 Å². The van der Waals surface area contributed by atoms with Crippen LogP contribution in [-0.4, -0.2) is 66.6 Å². The van der Waals surface area contributed by atoms with Crippen LogP contribution in [0.5, 0.6) is 0 Å². The smallest absolute Gasteiger partial charge is 0.312 e. The zero-order valence-corrected chi connectivity index (χ0v) is 16.7. The summed E-state index contributed by atoms with van der Waals surface area (Å²) in [4.78, 5) is 27.0. The molecule has 27 heavy (non-hydrogen) atoms. The molecule has 3 atom stereocenters. The first-order valence-electron chi connectivity index (χ1n) is 10.0. The topological polar surface area (TPSA) is 101 Å². The molecule has 0 aromatic rings. The average molecular weight is 400 g/mol. The van der Waals surface area contributed by atoms with Crippen LogP contribution in [-0.2, 0) is 24.2 Å². The lowest BCUT2D eigenvalue weighted by atomic mass is 9.48. The lowest BCUT2D eigenvalue weighted by Crippen LogP contribution is -2.58. The third-order valence-corrected chi connectivity index (χ3v) is 8.85. The molecule has 5 aliphatic rings. The number of likely N-dealkylation sites (N-methyl/N-ethyl adjacent to an activating group) is 1. The van der Waals surface area contributed by atoms with Gasteiger partial charge in [0, 0.05) is 12.6 Å². The molecule has 1 N–H and O–H groups in total. The molecule has 1 aliphatic heterocycles. The van der Waals surface area contributed by atoms with Crippen LogP contribution in [0.25, 0.3) is 0 Å². The highest BCUT2D eigenvalue weighted by Gasteiger charge is 2.61. The van der Waals surface area contributed by atoms with Gasteiger partial charge in [0.25, 0.3) is 5.91 Å². The Labute approximate surface area is 160 Å². The Morgan fingerprint density at radius 2 is 1.85 bits per heavy atom. The molecule has 1 heterocycles. The predicted molar refractivity (Wildman–Crippen MR) is 97.5 cm³/mol. The predicted octanol–water partition coefficient (Wildman–Crippen LogP) is 0.896. The fourth-order valence-electron chi connectivity index (χ4n) is 6.48. The molecule has 0 aromatic heterocycles. The Hall–Kier alpha value is -1.15. The van der Waals surface area contributed by atoms with E-state index in [1.54, 1.807) is 6.92 Å². The summed E-state index contributed by atoms with van der Waals surface area (Å²) in [5.41, 5.74) is -1.40. The number of hydrogen-bond donors (Lipinski definition) is 1. The van der Waals surface area contributed by atoms with Crippen molar-refractivity contribution in [1.82, 2.24) is 4.90 Å². The first-order chi connectivity index (χ1) is 12.6. The number of amides is 1. The minimum Gasteiger partial charge on any atom is -0.455 e. The number of rotatable bonds is 5. The summed E-state index contributed by atoms with van der Waals surface area (Å²) in [7, 11) is -3.08. The van der Waals surface area contributed by atoms with Gasteiger partial charge in [-0.3, -0.25) is 9.59 Å². The number of nitrogens with zero attached hydrogens (tertiary/aromatic N) is 1. The van der Waals surface area contributed by atoms with E-state index in [0.29, 0.717) is 31.2 Å². The summed E-state index contributed by atoms with van der Waals surface area (Å²) in [6, 6.07) is -0.327. The van der Waals surface area contributed by atoms with Crippen molar-refractivity contribution in [1.29, 1.82) is 0 Å². The summed E-state index contributed by atoms with van der Waals surface area (Å²) in [6.07, 6.45) is 5.01. The standard InChI is InChI=1S/C19H29NO6S/c1-2-20(15-3-4-27(24,25)11-15)16(21)10-26-17(22)18-6-13-5-14(7-18)9-19(23,8-13)12-18/h13-15,23H,2-12H2,1H3/t13-,14-,15+,18?,19?/m1/s1. The van der Waals surface area contributed by atoms with Crippen LogP contribution in [0, 0.1) is 17.3 Å². The molecule has 5 fully saturated rings. The van der Waals surface area contributed by atoms with Gasteiger partial charge < -0.3 is 14.7 Å². The van der Waals surface area contributed by atoms with Crippen molar-refractivity contribution in [2.24, 2.45) is 17.3 Å². The SMILES string of the molecule is CCN(C(=O)COC(=O)C12C[C@H]3C[C@@H](CC(O)(C3)C1)C2)[C@H]1CCS(=O)(=O)C1. The van der Waals surface area contributed by atoms with E-state index in [0.717, 1.165) is 32.1 Å². The fourth-order valence-corrected chi connectivity index (χ4v) is 8.21. The fraction of sp³-hybridized carbons (Fsp3) is 0.895. The van der Waals surface area contributed by atoms with Gasteiger partial charge in [-0.15, -0.1) is 0 Å². The zero-order valence-electron chi connectivity index (χ0n) is 15.9. The highest BCUT2D eigenvalue weighted by molar-refractivity contribution is 7.91. The molecule has 7 nitrogen and oxygen atoms in total. The lowest BCUT2D eigenvalue weighted by Gasteiger charge is -2.58. The molecule has 4 saturated carbocycles. The molecule has 8 heteroatoms. The van der Waals surface area contributed by atoms with Crippen LogP contribution in [0.1, 0.15) is 51.9 Å². The summed E-state index contributed by atoms with van der Waals surface area (Å²) in [5, 5.41) is 10.8. The third kappa shape index (κ3) is 3.50. The first kappa shape index (κ1) is 19.2. The average Bonchev–Trinajstić information content (AvgIpc) is 2.90. The van der Waals surface area contributed by atoms with Gasteiger partial charge >= 0.3 is 5.97 Å². The Kier molecular flexibility index (Phi) is 4.57. The van der Waals surface area contributed by atoms with E-state index in [2.05, 4.69) is 0 Å². The molecule has 0 aromatic carbocycles. The Balaban J connectivity index is 1.38. The normalized spacial score (nSPS) is 41.5. The van der Waals surface area contributed by atoms with Crippen molar-refractivity contribution in [2.45, 2.75) is 63.5 Å². The van der Waals surface area contributed by atoms with E-state index in [1.165, 1.54) is 4.90 Å².